The minimum Gasteiger partial charge on any atom is -0.308 e. The first kappa shape index (κ1) is 9.01. The van der Waals surface area contributed by atoms with Crippen molar-refractivity contribution in [2.45, 2.75) is 50.6 Å². The molecule has 0 radical (unpaired) electrons. The average molecular weight is 177 g/mol. The molecular weight excluding hydrogens is 158 g/mol. The van der Waals surface area contributed by atoms with E-state index in [-0.39, 0.29) is 0 Å². The van der Waals surface area contributed by atoms with E-state index in [4.69, 9.17) is 0 Å². The van der Waals surface area contributed by atoms with Crippen LogP contribution in [0.3, 0.4) is 0 Å². The highest BCUT2D eigenvalue weighted by molar-refractivity contribution is 5.04. The number of hydrogen-bond donors (Lipinski definition) is 1. The molecule has 2 aliphatic rings. The second-order valence-corrected chi connectivity index (χ2v) is 4.07. The van der Waals surface area contributed by atoms with Crippen LogP contribution in [0.5, 0.6) is 0 Å². The second-order valence-electron chi connectivity index (χ2n) is 4.07. The molecule has 1 fully saturated rings. The number of rotatable bonds is 0. The molecule has 1 nitrogen and oxygen atoms in total. The molecular formula is C12H19N. The van der Waals surface area contributed by atoms with Crippen LogP contribution < -0.4 is 5.32 Å². The fourth-order valence-corrected chi connectivity index (χ4v) is 1.96. The SMILES string of the molecule is C1=CC[C@@H]2N[C@@H]2CC/C=C\CCC1. The summed E-state index contributed by atoms with van der Waals surface area (Å²) in [6, 6.07) is 1.61. The van der Waals surface area contributed by atoms with Crippen molar-refractivity contribution in [2.24, 2.45) is 0 Å². The molecule has 0 amide bonds. The smallest absolute Gasteiger partial charge is 0.0259 e. The summed E-state index contributed by atoms with van der Waals surface area (Å²) >= 11 is 0. The maximum Gasteiger partial charge on any atom is 0.0259 e. The van der Waals surface area contributed by atoms with Crippen LogP contribution in [0.25, 0.3) is 0 Å². The van der Waals surface area contributed by atoms with Crippen LogP contribution in [0.4, 0.5) is 0 Å². The summed E-state index contributed by atoms with van der Waals surface area (Å²) in [6.07, 6.45) is 17.0. The van der Waals surface area contributed by atoms with Gasteiger partial charge in [0.1, 0.15) is 0 Å². The minimum atomic E-state index is 0.795. The molecule has 1 aliphatic carbocycles. The molecule has 0 aromatic heterocycles. The molecule has 1 heteroatoms. The Bertz CT molecular complexity index is 205. The predicted octanol–water partition coefficient (Wildman–Crippen LogP) is 2.79. The first-order chi connectivity index (χ1) is 6.47. The van der Waals surface area contributed by atoms with Crippen LogP contribution >= 0.6 is 0 Å². The molecule has 0 spiro atoms. The molecule has 0 saturated carbocycles. The normalized spacial score (nSPS) is 36.9. The van der Waals surface area contributed by atoms with Gasteiger partial charge in [0, 0.05) is 12.1 Å². The van der Waals surface area contributed by atoms with Gasteiger partial charge in [0.05, 0.1) is 0 Å². The molecule has 2 rings (SSSR count). The van der Waals surface area contributed by atoms with Gasteiger partial charge < -0.3 is 5.32 Å². The third-order valence-corrected chi connectivity index (χ3v) is 2.91. The second kappa shape index (κ2) is 4.61. The summed E-state index contributed by atoms with van der Waals surface area (Å²) in [4.78, 5) is 0. The number of fused-ring (bicyclic) bond motifs is 1. The van der Waals surface area contributed by atoms with E-state index >= 15 is 0 Å². The van der Waals surface area contributed by atoms with Crippen molar-refractivity contribution >= 4 is 0 Å². The van der Waals surface area contributed by atoms with E-state index in [9.17, 15) is 0 Å². The molecule has 0 unspecified atom stereocenters. The number of allylic oxidation sites excluding steroid dienone is 3. The first-order valence-electron chi connectivity index (χ1n) is 5.53. The van der Waals surface area contributed by atoms with Crippen molar-refractivity contribution in [1.29, 1.82) is 0 Å². The van der Waals surface area contributed by atoms with E-state index in [1.807, 2.05) is 0 Å². The summed E-state index contributed by atoms with van der Waals surface area (Å²) < 4.78 is 0. The lowest BCUT2D eigenvalue weighted by atomic mass is 10.1. The van der Waals surface area contributed by atoms with Gasteiger partial charge in [-0.2, -0.15) is 0 Å². The molecule has 1 aliphatic heterocycles. The molecule has 1 heterocycles. The van der Waals surface area contributed by atoms with Gasteiger partial charge in [-0.25, -0.2) is 0 Å². The van der Waals surface area contributed by atoms with E-state index in [1.165, 1.54) is 38.5 Å². The van der Waals surface area contributed by atoms with Crippen molar-refractivity contribution in [3.05, 3.63) is 24.3 Å². The Morgan fingerprint density at radius 1 is 0.846 bits per heavy atom. The Kier molecular flexibility index (Phi) is 3.20. The lowest BCUT2D eigenvalue weighted by Crippen LogP contribution is -1.92. The van der Waals surface area contributed by atoms with Crippen molar-refractivity contribution in [3.63, 3.8) is 0 Å². The van der Waals surface area contributed by atoms with Gasteiger partial charge in [-0.05, 0) is 38.5 Å². The van der Waals surface area contributed by atoms with Crippen LogP contribution in [0.2, 0.25) is 0 Å². The third-order valence-electron chi connectivity index (χ3n) is 2.91. The van der Waals surface area contributed by atoms with Gasteiger partial charge in [0.15, 0.2) is 0 Å². The number of hydrogen-bond acceptors (Lipinski definition) is 1. The van der Waals surface area contributed by atoms with Crippen molar-refractivity contribution in [3.8, 4) is 0 Å². The Balaban J connectivity index is 1.80. The van der Waals surface area contributed by atoms with Gasteiger partial charge in [-0.1, -0.05) is 24.3 Å². The van der Waals surface area contributed by atoms with E-state index < -0.39 is 0 Å². The van der Waals surface area contributed by atoms with Crippen LogP contribution in [0.15, 0.2) is 24.3 Å². The fourth-order valence-electron chi connectivity index (χ4n) is 1.96. The van der Waals surface area contributed by atoms with E-state index in [0.717, 1.165) is 12.1 Å². The van der Waals surface area contributed by atoms with Gasteiger partial charge in [-0.15, -0.1) is 0 Å². The molecule has 0 aromatic rings. The summed E-state index contributed by atoms with van der Waals surface area (Å²) in [5.41, 5.74) is 0. The van der Waals surface area contributed by atoms with Gasteiger partial charge in [-0.3, -0.25) is 0 Å². The maximum atomic E-state index is 3.52. The predicted molar refractivity (Wildman–Crippen MR) is 56.7 cm³/mol. The van der Waals surface area contributed by atoms with E-state index in [2.05, 4.69) is 29.6 Å². The van der Waals surface area contributed by atoms with Crippen LogP contribution in [0.1, 0.15) is 38.5 Å². The van der Waals surface area contributed by atoms with E-state index in [0.29, 0.717) is 0 Å². The van der Waals surface area contributed by atoms with Crippen LogP contribution in [-0.4, -0.2) is 12.1 Å². The Labute approximate surface area is 80.9 Å². The standard InChI is InChI=1S/C12H19N/c1-2-4-6-8-10-12-11(13-12)9-7-5-3-1/h3,5-6,8,11-13H,1-2,4,7,9-10H2/b5-3-,8-6?/t11-,12+/m1/s1. The molecule has 0 aromatic carbocycles. The molecule has 0 bridgehead atoms. The maximum absolute atomic E-state index is 3.52. The Hall–Kier alpha value is -0.560. The Morgan fingerprint density at radius 2 is 1.62 bits per heavy atom. The summed E-state index contributed by atoms with van der Waals surface area (Å²) in [5, 5.41) is 3.52. The average Bonchev–Trinajstić information content (AvgIpc) is 2.83. The molecule has 13 heavy (non-hydrogen) atoms. The zero-order valence-corrected chi connectivity index (χ0v) is 8.21. The highest BCUT2D eigenvalue weighted by Crippen LogP contribution is 2.21. The molecule has 2 atom stereocenters. The highest BCUT2D eigenvalue weighted by atomic mass is 15.1. The quantitative estimate of drug-likeness (QED) is 0.446. The molecule has 72 valence electrons. The summed E-state index contributed by atoms with van der Waals surface area (Å²) in [6.45, 7) is 0. The van der Waals surface area contributed by atoms with Crippen LogP contribution in [-0.2, 0) is 0 Å². The first-order valence-corrected chi connectivity index (χ1v) is 5.53. The van der Waals surface area contributed by atoms with E-state index in [1.54, 1.807) is 0 Å². The van der Waals surface area contributed by atoms with Crippen molar-refractivity contribution in [2.75, 3.05) is 0 Å². The monoisotopic (exact) mass is 177 g/mol. The van der Waals surface area contributed by atoms with Gasteiger partial charge in [0.25, 0.3) is 0 Å². The minimum absolute atomic E-state index is 0.795. The highest BCUT2D eigenvalue weighted by Gasteiger charge is 2.33. The van der Waals surface area contributed by atoms with Crippen molar-refractivity contribution < 1.29 is 0 Å². The summed E-state index contributed by atoms with van der Waals surface area (Å²) in [7, 11) is 0. The fraction of sp³-hybridized carbons (Fsp3) is 0.667. The van der Waals surface area contributed by atoms with Crippen molar-refractivity contribution in [1.82, 2.24) is 5.32 Å². The largest absolute Gasteiger partial charge is 0.308 e. The van der Waals surface area contributed by atoms with Gasteiger partial charge in [0.2, 0.25) is 0 Å². The lowest BCUT2D eigenvalue weighted by Gasteiger charge is -1.95. The lowest BCUT2D eigenvalue weighted by molar-refractivity contribution is 0.778. The zero-order valence-electron chi connectivity index (χ0n) is 8.21. The number of nitrogens with one attached hydrogen (secondary N) is 1. The Morgan fingerprint density at radius 3 is 2.54 bits per heavy atom. The zero-order chi connectivity index (χ0) is 8.93. The van der Waals surface area contributed by atoms with Crippen LogP contribution in [0, 0.1) is 0 Å². The topological polar surface area (TPSA) is 21.9 Å². The van der Waals surface area contributed by atoms with Gasteiger partial charge >= 0.3 is 0 Å². The third kappa shape index (κ3) is 3.00. The molecule has 1 saturated heterocycles. The summed E-state index contributed by atoms with van der Waals surface area (Å²) in [5.74, 6) is 0. The molecule has 1 N–H and O–H groups in total.